The van der Waals surface area contributed by atoms with E-state index in [-0.39, 0.29) is 5.60 Å². The molecule has 0 atom stereocenters. The van der Waals surface area contributed by atoms with Crippen LogP contribution in [0.15, 0.2) is 22.7 Å². The fourth-order valence-corrected chi connectivity index (χ4v) is 2.51. The molecule has 0 unspecified atom stereocenters. The Kier molecular flexibility index (Phi) is 3.03. The number of nitrogens with zero attached hydrogens (tertiary/aromatic N) is 3. The number of hydrogen-bond donors (Lipinski definition) is 0. The zero-order valence-corrected chi connectivity index (χ0v) is 11.5. The molecule has 5 heteroatoms. The zero-order chi connectivity index (χ0) is 14.2. The molecule has 0 amide bonds. The topological polar surface area (TPSA) is 71.9 Å². The van der Waals surface area contributed by atoms with E-state index in [1.165, 1.54) is 0 Å². The first-order valence-corrected chi connectivity index (χ1v) is 6.59. The highest BCUT2D eigenvalue weighted by atomic mass is 16.5. The van der Waals surface area contributed by atoms with Crippen molar-refractivity contribution < 1.29 is 9.26 Å². The SMILES string of the molecule is COC1(c2noc(-c3ccc(C#N)cc3C)n2)CCC1. The molecule has 0 bridgehead atoms. The lowest BCUT2D eigenvalue weighted by Crippen LogP contribution is -2.37. The largest absolute Gasteiger partial charge is 0.370 e. The number of methoxy groups -OCH3 is 1. The van der Waals surface area contributed by atoms with E-state index in [0.29, 0.717) is 17.3 Å². The molecule has 1 aromatic carbocycles. The minimum Gasteiger partial charge on any atom is -0.370 e. The zero-order valence-electron chi connectivity index (χ0n) is 11.5. The number of rotatable bonds is 3. The summed E-state index contributed by atoms with van der Waals surface area (Å²) in [5, 5.41) is 13.0. The summed E-state index contributed by atoms with van der Waals surface area (Å²) in [4.78, 5) is 4.48. The van der Waals surface area contributed by atoms with Gasteiger partial charge in [0, 0.05) is 12.7 Å². The summed E-state index contributed by atoms with van der Waals surface area (Å²) < 4.78 is 10.9. The van der Waals surface area contributed by atoms with Crippen molar-refractivity contribution in [1.82, 2.24) is 10.1 Å². The summed E-state index contributed by atoms with van der Waals surface area (Å²) >= 11 is 0. The van der Waals surface area contributed by atoms with Crippen LogP contribution in [0.2, 0.25) is 0 Å². The number of aromatic nitrogens is 2. The second-order valence-corrected chi connectivity index (χ2v) is 5.12. The minimum absolute atomic E-state index is 0.373. The molecule has 2 aromatic rings. The highest BCUT2D eigenvalue weighted by Gasteiger charge is 2.43. The van der Waals surface area contributed by atoms with Gasteiger partial charge >= 0.3 is 0 Å². The lowest BCUT2D eigenvalue weighted by molar-refractivity contribution is -0.0858. The molecular formula is C15H15N3O2. The third-order valence-electron chi connectivity index (χ3n) is 3.97. The van der Waals surface area contributed by atoms with Gasteiger partial charge in [-0.1, -0.05) is 5.16 Å². The van der Waals surface area contributed by atoms with E-state index in [9.17, 15) is 0 Å². The Balaban J connectivity index is 1.96. The Hall–Kier alpha value is -2.19. The summed E-state index contributed by atoms with van der Waals surface area (Å²) in [5.74, 6) is 1.09. The van der Waals surface area contributed by atoms with Crippen LogP contribution < -0.4 is 0 Å². The van der Waals surface area contributed by atoms with Crippen molar-refractivity contribution in [2.45, 2.75) is 31.8 Å². The van der Waals surface area contributed by atoms with Gasteiger partial charge in [0.2, 0.25) is 5.82 Å². The minimum atomic E-state index is -0.373. The Bertz CT molecular complexity index is 675. The molecule has 0 aliphatic heterocycles. The van der Waals surface area contributed by atoms with Crippen LogP contribution >= 0.6 is 0 Å². The van der Waals surface area contributed by atoms with Gasteiger partial charge in [-0.3, -0.25) is 0 Å². The van der Waals surface area contributed by atoms with Gasteiger partial charge < -0.3 is 9.26 Å². The summed E-state index contributed by atoms with van der Waals surface area (Å²) in [6, 6.07) is 7.52. The molecule has 1 heterocycles. The number of aryl methyl sites for hydroxylation is 1. The van der Waals surface area contributed by atoms with Gasteiger partial charge in [0.15, 0.2) is 0 Å². The van der Waals surface area contributed by atoms with Gasteiger partial charge in [-0.05, 0) is 49.9 Å². The van der Waals surface area contributed by atoms with Crippen molar-refractivity contribution in [3.8, 4) is 17.5 Å². The second kappa shape index (κ2) is 4.73. The lowest BCUT2D eigenvalue weighted by atomic mass is 9.79. The monoisotopic (exact) mass is 269 g/mol. The normalized spacial score (nSPS) is 16.4. The predicted molar refractivity (Wildman–Crippen MR) is 71.7 cm³/mol. The van der Waals surface area contributed by atoms with Crippen molar-refractivity contribution >= 4 is 0 Å². The maximum Gasteiger partial charge on any atom is 0.258 e. The van der Waals surface area contributed by atoms with Crippen LogP contribution in [0, 0.1) is 18.3 Å². The second-order valence-electron chi connectivity index (χ2n) is 5.12. The first kappa shape index (κ1) is 12.8. The maximum atomic E-state index is 8.89. The first-order chi connectivity index (χ1) is 9.68. The molecule has 1 fully saturated rings. The van der Waals surface area contributed by atoms with Gasteiger partial charge in [-0.25, -0.2) is 0 Å². The van der Waals surface area contributed by atoms with Crippen LogP contribution in [0.1, 0.15) is 36.2 Å². The molecule has 0 saturated heterocycles. The smallest absolute Gasteiger partial charge is 0.258 e. The fourth-order valence-electron chi connectivity index (χ4n) is 2.51. The molecular weight excluding hydrogens is 254 g/mol. The third kappa shape index (κ3) is 1.89. The van der Waals surface area contributed by atoms with E-state index in [4.69, 9.17) is 14.5 Å². The van der Waals surface area contributed by atoms with E-state index in [1.807, 2.05) is 19.1 Å². The van der Waals surface area contributed by atoms with E-state index in [1.54, 1.807) is 13.2 Å². The van der Waals surface area contributed by atoms with Gasteiger partial charge in [-0.2, -0.15) is 10.2 Å². The highest BCUT2D eigenvalue weighted by molar-refractivity contribution is 5.60. The van der Waals surface area contributed by atoms with E-state index < -0.39 is 0 Å². The van der Waals surface area contributed by atoms with Crippen molar-refractivity contribution in [1.29, 1.82) is 5.26 Å². The average molecular weight is 269 g/mol. The van der Waals surface area contributed by atoms with Crippen molar-refractivity contribution in [2.75, 3.05) is 7.11 Å². The average Bonchev–Trinajstić information content (AvgIpc) is 2.87. The number of benzene rings is 1. The summed E-state index contributed by atoms with van der Waals surface area (Å²) in [6.45, 7) is 1.93. The third-order valence-corrected chi connectivity index (χ3v) is 3.97. The molecule has 0 spiro atoms. The molecule has 0 radical (unpaired) electrons. The van der Waals surface area contributed by atoms with Gasteiger partial charge in [0.05, 0.1) is 11.6 Å². The van der Waals surface area contributed by atoms with Crippen LogP contribution in [-0.2, 0) is 10.3 Å². The van der Waals surface area contributed by atoms with Crippen LogP contribution in [0.25, 0.3) is 11.5 Å². The molecule has 1 aliphatic rings. The van der Waals surface area contributed by atoms with E-state index in [2.05, 4.69) is 16.2 Å². The van der Waals surface area contributed by atoms with E-state index in [0.717, 1.165) is 30.4 Å². The summed E-state index contributed by atoms with van der Waals surface area (Å²) in [6.07, 6.45) is 2.97. The van der Waals surface area contributed by atoms with Gasteiger partial charge in [-0.15, -0.1) is 0 Å². The van der Waals surface area contributed by atoms with Crippen LogP contribution in [-0.4, -0.2) is 17.3 Å². The molecule has 5 nitrogen and oxygen atoms in total. The molecule has 1 saturated carbocycles. The highest BCUT2D eigenvalue weighted by Crippen LogP contribution is 2.43. The van der Waals surface area contributed by atoms with Gasteiger partial charge in [0.25, 0.3) is 5.89 Å². The van der Waals surface area contributed by atoms with Crippen molar-refractivity contribution in [3.63, 3.8) is 0 Å². The Labute approximate surface area is 117 Å². The van der Waals surface area contributed by atoms with Crippen LogP contribution in [0.4, 0.5) is 0 Å². The predicted octanol–water partition coefficient (Wildman–Crippen LogP) is 2.94. The molecule has 3 rings (SSSR count). The number of ether oxygens (including phenoxy) is 1. The summed E-state index contributed by atoms with van der Waals surface area (Å²) in [5.41, 5.74) is 2.05. The standard InChI is InChI=1S/C15H15N3O2/c1-10-8-11(9-16)4-5-12(10)13-17-14(18-20-13)15(19-2)6-3-7-15/h4-5,8H,3,6-7H2,1-2H3. The molecule has 1 aromatic heterocycles. The quantitative estimate of drug-likeness (QED) is 0.856. The molecule has 1 aliphatic carbocycles. The van der Waals surface area contributed by atoms with E-state index >= 15 is 0 Å². The van der Waals surface area contributed by atoms with Gasteiger partial charge in [0.1, 0.15) is 5.60 Å². The van der Waals surface area contributed by atoms with Crippen LogP contribution in [0.3, 0.4) is 0 Å². The Morgan fingerprint density at radius 1 is 1.40 bits per heavy atom. The van der Waals surface area contributed by atoms with Crippen molar-refractivity contribution in [3.05, 3.63) is 35.2 Å². The van der Waals surface area contributed by atoms with Crippen molar-refractivity contribution in [2.24, 2.45) is 0 Å². The number of hydrogen-bond acceptors (Lipinski definition) is 5. The fraction of sp³-hybridized carbons (Fsp3) is 0.400. The Morgan fingerprint density at radius 2 is 2.20 bits per heavy atom. The molecule has 0 N–H and O–H groups in total. The van der Waals surface area contributed by atoms with Crippen LogP contribution in [0.5, 0.6) is 0 Å². The Morgan fingerprint density at radius 3 is 2.75 bits per heavy atom. The maximum absolute atomic E-state index is 8.89. The number of nitriles is 1. The summed E-state index contributed by atoms with van der Waals surface area (Å²) in [7, 11) is 1.68. The molecule has 20 heavy (non-hydrogen) atoms. The lowest BCUT2D eigenvalue weighted by Gasteiger charge is -2.37. The molecule has 102 valence electrons. The first-order valence-electron chi connectivity index (χ1n) is 6.59.